The molecule has 0 radical (unpaired) electrons. The first-order valence-electron chi connectivity index (χ1n) is 7.43. The molecule has 10 heteroatoms. The van der Waals surface area contributed by atoms with Crippen LogP contribution in [0.2, 0.25) is 0 Å². The number of nitrogens with zero attached hydrogens (tertiary/aromatic N) is 1. The molecule has 0 fully saturated rings. The van der Waals surface area contributed by atoms with Crippen molar-refractivity contribution in [3.63, 3.8) is 0 Å². The third-order valence-electron chi connectivity index (χ3n) is 3.36. The van der Waals surface area contributed by atoms with Crippen molar-refractivity contribution in [2.75, 3.05) is 4.72 Å². The number of nitrogens with one attached hydrogen (secondary N) is 1. The summed E-state index contributed by atoms with van der Waals surface area (Å²) in [5.74, 6) is -2.18. The number of carbonyl (C=O) groups excluding carboxylic acids is 2. The van der Waals surface area contributed by atoms with Gasteiger partial charge < -0.3 is 5.11 Å². The fourth-order valence-electron chi connectivity index (χ4n) is 2.03. The molecule has 0 heterocycles. The van der Waals surface area contributed by atoms with Gasteiger partial charge in [-0.2, -0.15) is 0 Å². The summed E-state index contributed by atoms with van der Waals surface area (Å²) in [7, 11) is -4.12. The van der Waals surface area contributed by atoms with Crippen LogP contribution < -0.4 is 4.72 Å². The number of hydrogen-bond acceptors (Lipinski definition) is 7. The van der Waals surface area contributed by atoms with Crippen molar-refractivity contribution in [1.29, 1.82) is 0 Å². The van der Waals surface area contributed by atoms with E-state index in [-0.39, 0.29) is 21.8 Å². The third-order valence-corrected chi connectivity index (χ3v) is 4.74. The Labute approximate surface area is 154 Å². The number of carbonyl (C=O) groups is 2. The highest BCUT2D eigenvalue weighted by molar-refractivity contribution is 7.92. The van der Waals surface area contributed by atoms with Crippen molar-refractivity contribution in [1.82, 2.24) is 0 Å². The van der Waals surface area contributed by atoms with Crippen LogP contribution in [0.5, 0.6) is 0 Å². The predicted molar refractivity (Wildman–Crippen MR) is 96.6 cm³/mol. The van der Waals surface area contributed by atoms with Crippen LogP contribution in [-0.4, -0.2) is 30.0 Å². The number of hydrogen-bond donors (Lipinski definition) is 2. The number of aliphatic hydroxyl groups excluding tert-OH is 1. The van der Waals surface area contributed by atoms with Crippen LogP contribution in [0.15, 0.2) is 59.5 Å². The molecule has 0 spiro atoms. The summed E-state index contributed by atoms with van der Waals surface area (Å²) in [6.45, 7) is 1.05. The standard InChI is InChI=1S/C17H14N2O7S/c1-11(20)16(21)10-17(22)12-4-2-5-13(8-12)18-27(25,26)15-7-3-6-14(9-15)19(23)24/h2-10,18,22H,1H3/b17-10-. The number of ketones is 2. The summed E-state index contributed by atoms with van der Waals surface area (Å²) < 4.78 is 27.1. The lowest BCUT2D eigenvalue weighted by Gasteiger charge is -2.09. The molecule has 0 bridgehead atoms. The highest BCUT2D eigenvalue weighted by Crippen LogP contribution is 2.22. The average molecular weight is 390 g/mol. The molecule has 140 valence electrons. The molecule has 0 aliphatic carbocycles. The number of aliphatic hydroxyl groups is 1. The van der Waals surface area contributed by atoms with Gasteiger partial charge in [0, 0.05) is 36.4 Å². The van der Waals surface area contributed by atoms with E-state index in [0.717, 1.165) is 25.1 Å². The summed E-state index contributed by atoms with van der Waals surface area (Å²) in [6.07, 6.45) is 0.733. The normalized spacial score (nSPS) is 11.7. The minimum atomic E-state index is -4.12. The maximum Gasteiger partial charge on any atom is 0.270 e. The van der Waals surface area contributed by atoms with Crippen LogP contribution in [0, 0.1) is 10.1 Å². The Hall–Kier alpha value is -3.53. The van der Waals surface area contributed by atoms with Gasteiger partial charge in [0.25, 0.3) is 15.7 Å². The van der Waals surface area contributed by atoms with Crippen LogP contribution in [0.25, 0.3) is 5.76 Å². The maximum atomic E-state index is 12.4. The lowest BCUT2D eigenvalue weighted by Crippen LogP contribution is -2.13. The molecule has 9 nitrogen and oxygen atoms in total. The van der Waals surface area contributed by atoms with E-state index < -0.39 is 32.3 Å². The lowest BCUT2D eigenvalue weighted by molar-refractivity contribution is -0.385. The summed E-state index contributed by atoms with van der Waals surface area (Å²) in [4.78, 5) is 32.1. The van der Waals surface area contributed by atoms with Gasteiger partial charge in [-0.05, 0) is 18.2 Å². The SMILES string of the molecule is CC(=O)C(=O)/C=C(\O)c1cccc(NS(=O)(=O)c2cccc([N+](=O)[O-])c2)c1. The first kappa shape index (κ1) is 19.8. The zero-order valence-electron chi connectivity index (χ0n) is 13.9. The topological polar surface area (TPSA) is 144 Å². The van der Waals surface area contributed by atoms with Crippen molar-refractivity contribution >= 4 is 38.7 Å². The van der Waals surface area contributed by atoms with Gasteiger partial charge in [0.2, 0.25) is 5.78 Å². The van der Waals surface area contributed by atoms with E-state index in [4.69, 9.17) is 0 Å². The van der Waals surface area contributed by atoms with Crippen LogP contribution in [-0.2, 0) is 19.6 Å². The largest absolute Gasteiger partial charge is 0.507 e. The van der Waals surface area contributed by atoms with Gasteiger partial charge in [-0.1, -0.05) is 18.2 Å². The molecule has 2 N–H and O–H groups in total. The molecule has 2 aromatic rings. The minimum Gasteiger partial charge on any atom is -0.507 e. The summed E-state index contributed by atoms with van der Waals surface area (Å²) >= 11 is 0. The van der Waals surface area contributed by atoms with Gasteiger partial charge in [0.15, 0.2) is 5.78 Å². The van der Waals surface area contributed by atoms with E-state index in [1.165, 1.54) is 36.4 Å². The molecule has 0 unspecified atom stereocenters. The first-order chi connectivity index (χ1) is 12.6. The highest BCUT2D eigenvalue weighted by Gasteiger charge is 2.18. The summed E-state index contributed by atoms with van der Waals surface area (Å²) in [5, 5.41) is 20.7. The van der Waals surface area contributed by atoms with E-state index in [1.54, 1.807) is 0 Å². The summed E-state index contributed by atoms with van der Waals surface area (Å²) in [5.41, 5.74) is -0.229. The molecule has 0 atom stereocenters. The molecule has 0 aliphatic rings. The molecule has 27 heavy (non-hydrogen) atoms. The second kappa shape index (κ2) is 7.79. The number of anilines is 1. The van der Waals surface area contributed by atoms with E-state index >= 15 is 0 Å². The fourth-order valence-corrected chi connectivity index (χ4v) is 3.12. The molecular formula is C17H14N2O7S. The number of nitro benzene ring substituents is 1. The smallest absolute Gasteiger partial charge is 0.270 e. The number of rotatable bonds is 7. The highest BCUT2D eigenvalue weighted by atomic mass is 32.2. The Morgan fingerprint density at radius 3 is 2.44 bits per heavy atom. The quantitative estimate of drug-likeness (QED) is 0.243. The van der Waals surface area contributed by atoms with Gasteiger partial charge in [-0.25, -0.2) is 8.42 Å². The fraction of sp³-hybridized carbons (Fsp3) is 0.0588. The molecule has 0 aromatic heterocycles. The molecule has 0 aliphatic heterocycles. The maximum absolute atomic E-state index is 12.4. The van der Waals surface area contributed by atoms with Crippen LogP contribution in [0.1, 0.15) is 12.5 Å². The number of benzene rings is 2. The number of allylic oxidation sites excluding steroid dienone is 1. The minimum absolute atomic E-state index is 0.0502. The monoisotopic (exact) mass is 390 g/mol. The van der Waals surface area contributed by atoms with E-state index in [1.807, 2.05) is 0 Å². The number of nitro groups is 1. The zero-order chi connectivity index (χ0) is 20.2. The summed E-state index contributed by atoms with van der Waals surface area (Å²) in [6, 6.07) is 9.97. The number of Topliss-reactive ketones (excluding diaryl/α,β-unsaturated/α-hetero) is 1. The van der Waals surface area contributed by atoms with Crippen molar-refractivity contribution < 1.29 is 28.0 Å². The Kier molecular flexibility index (Phi) is 5.71. The molecular weight excluding hydrogens is 376 g/mol. The van der Waals surface area contributed by atoms with E-state index in [0.29, 0.717) is 0 Å². The molecule has 2 aromatic carbocycles. The zero-order valence-corrected chi connectivity index (χ0v) is 14.8. The molecule has 0 saturated carbocycles. The number of non-ortho nitro benzene ring substituents is 1. The predicted octanol–water partition coefficient (Wildman–Crippen LogP) is 2.45. The third kappa shape index (κ3) is 4.98. The average Bonchev–Trinajstić information content (AvgIpc) is 2.61. The Morgan fingerprint density at radius 2 is 1.81 bits per heavy atom. The second-order valence-corrected chi connectivity index (χ2v) is 7.07. The van der Waals surface area contributed by atoms with E-state index in [2.05, 4.69) is 4.72 Å². The number of sulfonamides is 1. The van der Waals surface area contributed by atoms with Crippen molar-refractivity contribution in [3.8, 4) is 0 Å². The van der Waals surface area contributed by atoms with Crippen molar-refractivity contribution in [2.45, 2.75) is 11.8 Å². The van der Waals surface area contributed by atoms with Crippen LogP contribution >= 0.6 is 0 Å². The first-order valence-corrected chi connectivity index (χ1v) is 8.92. The van der Waals surface area contributed by atoms with E-state index in [9.17, 15) is 33.2 Å². The Bertz CT molecular complexity index is 1060. The van der Waals surface area contributed by atoms with Gasteiger partial charge in [0.05, 0.1) is 9.82 Å². The van der Waals surface area contributed by atoms with Gasteiger partial charge in [-0.15, -0.1) is 0 Å². The molecule has 0 saturated heterocycles. The second-order valence-electron chi connectivity index (χ2n) is 5.39. The Balaban J connectivity index is 2.32. The van der Waals surface area contributed by atoms with Gasteiger partial charge >= 0.3 is 0 Å². The van der Waals surface area contributed by atoms with Gasteiger partial charge in [0.1, 0.15) is 5.76 Å². The Morgan fingerprint density at radius 1 is 1.15 bits per heavy atom. The van der Waals surface area contributed by atoms with Crippen molar-refractivity contribution in [3.05, 3.63) is 70.3 Å². The lowest BCUT2D eigenvalue weighted by atomic mass is 10.1. The molecule has 0 amide bonds. The van der Waals surface area contributed by atoms with Crippen LogP contribution in [0.4, 0.5) is 11.4 Å². The molecule has 2 rings (SSSR count). The van der Waals surface area contributed by atoms with Crippen LogP contribution in [0.3, 0.4) is 0 Å². The van der Waals surface area contributed by atoms with Gasteiger partial charge in [-0.3, -0.25) is 24.4 Å². The van der Waals surface area contributed by atoms with Crippen molar-refractivity contribution in [2.24, 2.45) is 0 Å².